The van der Waals surface area contributed by atoms with Gasteiger partial charge in [-0.3, -0.25) is 0 Å². The van der Waals surface area contributed by atoms with Gasteiger partial charge in [-0.2, -0.15) is 0 Å². The molecule has 0 bridgehead atoms. The molecule has 0 unspecified atom stereocenters. The van der Waals surface area contributed by atoms with E-state index in [4.69, 9.17) is 0 Å². The lowest BCUT2D eigenvalue weighted by molar-refractivity contribution is 0.772. The predicted octanol–water partition coefficient (Wildman–Crippen LogP) is 3.43. The number of hydrogen-bond acceptors (Lipinski definition) is 0. The average Bonchev–Trinajstić information content (AvgIpc) is 1.41. The van der Waals surface area contributed by atoms with E-state index in [9.17, 15) is 0 Å². The van der Waals surface area contributed by atoms with Gasteiger partial charge in [-0.25, -0.2) is 0 Å². The zero-order valence-electron chi connectivity index (χ0n) is 4.94. The van der Waals surface area contributed by atoms with Crippen molar-refractivity contribution in [3.63, 3.8) is 0 Å². The Kier molecular flexibility index (Phi) is 35.3. The fourth-order valence-electron chi connectivity index (χ4n) is 0.354. The summed E-state index contributed by atoms with van der Waals surface area (Å²) in [6.45, 7) is 4.42. The van der Waals surface area contributed by atoms with Crippen LogP contribution in [-0.4, -0.2) is 0 Å². The smallest absolute Gasteiger partial charge is 0.0538 e. The van der Waals surface area contributed by atoms with Crippen molar-refractivity contribution < 1.29 is 0 Å². The van der Waals surface area contributed by atoms with Crippen LogP contribution in [-0.2, 0) is 0 Å². The third kappa shape index (κ3) is 18.6. The molecule has 0 N–H and O–H groups in total. The first-order valence-electron chi connectivity index (χ1n) is 2.41. The van der Waals surface area contributed by atoms with Crippen LogP contribution >= 0.6 is 48.0 Å². The Morgan fingerprint density at radius 3 is 1.14 bits per heavy atom. The normalized spacial score (nSPS) is 6.00. The summed E-state index contributed by atoms with van der Waals surface area (Å²) in [5, 5.41) is 0. The summed E-state index contributed by atoms with van der Waals surface area (Å²) in [6.07, 6.45) is 4.08. The number of rotatable bonds is 2. The Labute approximate surface area is 80.5 Å². The van der Waals surface area contributed by atoms with Gasteiger partial charge in [0.25, 0.3) is 0 Å². The quantitative estimate of drug-likeness (QED) is 0.682. The third-order valence-electron chi connectivity index (χ3n) is 0.707. The van der Waals surface area contributed by atoms with Crippen LogP contribution in [0.15, 0.2) is 0 Å². The van der Waals surface area contributed by atoms with Gasteiger partial charge in [0.15, 0.2) is 0 Å². The Morgan fingerprint density at radius 1 is 0.857 bits per heavy atom. The van der Waals surface area contributed by atoms with Crippen molar-refractivity contribution in [2.24, 2.45) is 0 Å². The predicted molar refractivity (Wildman–Crippen MR) is 56.0 cm³/mol. The molecule has 0 aliphatic heterocycles. The van der Waals surface area contributed by atoms with Crippen LogP contribution in [0.4, 0.5) is 0 Å². The first kappa shape index (κ1) is 15.8. The molecular weight excluding hydrogens is 314 g/mol. The summed E-state index contributed by atoms with van der Waals surface area (Å²) >= 11 is 0. The zero-order valence-corrected chi connectivity index (χ0v) is 9.60. The van der Waals surface area contributed by atoms with Crippen LogP contribution in [0.1, 0.15) is 33.1 Å². The standard InChI is InChI=1S/C5H12.2HI/c1-3-5-4-2;;/h3-5H2,1-2H3;2*1H. The molecule has 0 saturated carbocycles. The molecule has 0 rings (SSSR count). The van der Waals surface area contributed by atoms with Crippen LogP contribution in [0.2, 0.25) is 0 Å². The summed E-state index contributed by atoms with van der Waals surface area (Å²) in [6, 6.07) is 0. The van der Waals surface area contributed by atoms with E-state index < -0.39 is 0 Å². The molecule has 2 heteroatoms. The number of halogens is 2. The molecule has 0 saturated heterocycles. The minimum absolute atomic E-state index is 0. The fraction of sp³-hybridized carbons (Fsp3) is 1.00. The molecule has 48 valence electrons. The first-order chi connectivity index (χ1) is 2.41. The maximum absolute atomic E-state index is 2.21. The minimum atomic E-state index is 0. The van der Waals surface area contributed by atoms with Gasteiger partial charge in [0.05, 0.1) is 0 Å². The van der Waals surface area contributed by atoms with Crippen molar-refractivity contribution in [1.29, 1.82) is 0 Å². The Balaban J connectivity index is -0.0000000800. The molecular formula is C5H14I2. The van der Waals surface area contributed by atoms with Crippen molar-refractivity contribution in [2.45, 2.75) is 33.1 Å². The second kappa shape index (κ2) is 15.7. The maximum Gasteiger partial charge on any atom is -0.0538 e. The Hall–Kier alpha value is 1.46. The van der Waals surface area contributed by atoms with Gasteiger partial charge < -0.3 is 0 Å². The molecule has 0 radical (unpaired) electrons. The lowest BCUT2D eigenvalue weighted by Gasteiger charge is -1.79. The largest absolute Gasteiger partial charge is 0.107 e. The summed E-state index contributed by atoms with van der Waals surface area (Å²) in [5.74, 6) is 0. The molecule has 0 aliphatic rings. The molecule has 0 aliphatic carbocycles. The van der Waals surface area contributed by atoms with Gasteiger partial charge in [-0.15, -0.1) is 48.0 Å². The van der Waals surface area contributed by atoms with Crippen molar-refractivity contribution in [3.8, 4) is 0 Å². The molecule has 0 spiro atoms. The molecule has 0 nitrogen and oxygen atoms in total. The van der Waals surface area contributed by atoms with E-state index in [0.717, 1.165) is 0 Å². The second-order valence-electron chi connectivity index (χ2n) is 1.35. The van der Waals surface area contributed by atoms with E-state index >= 15 is 0 Å². The second-order valence-corrected chi connectivity index (χ2v) is 1.35. The molecule has 0 fully saturated rings. The summed E-state index contributed by atoms with van der Waals surface area (Å²) < 4.78 is 0. The maximum atomic E-state index is 2.21. The van der Waals surface area contributed by atoms with Gasteiger partial charge in [-0.05, 0) is 0 Å². The van der Waals surface area contributed by atoms with E-state index in [2.05, 4.69) is 13.8 Å². The molecule has 0 amide bonds. The number of unbranched alkanes of at least 4 members (excludes halogenated alkanes) is 2. The SMILES string of the molecule is CCCCC.I.I. The van der Waals surface area contributed by atoms with E-state index in [1.165, 1.54) is 19.3 Å². The van der Waals surface area contributed by atoms with Crippen molar-refractivity contribution in [1.82, 2.24) is 0 Å². The third-order valence-corrected chi connectivity index (χ3v) is 0.707. The summed E-state index contributed by atoms with van der Waals surface area (Å²) in [7, 11) is 0. The highest BCUT2D eigenvalue weighted by Gasteiger charge is 1.68. The van der Waals surface area contributed by atoms with Crippen LogP contribution < -0.4 is 0 Å². The van der Waals surface area contributed by atoms with Gasteiger partial charge in [0.1, 0.15) is 0 Å². The van der Waals surface area contributed by atoms with Gasteiger partial charge >= 0.3 is 0 Å². The highest BCUT2D eigenvalue weighted by molar-refractivity contribution is 14.0. The summed E-state index contributed by atoms with van der Waals surface area (Å²) in [5.41, 5.74) is 0. The van der Waals surface area contributed by atoms with E-state index in [1.54, 1.807) is 0 Å². The van der Waals surface area contributed by atoms with E-state index in [0.29, 0.717) is 0 Å². The average molecular weight is 328 g/mol. The van der Waals surface area contributed by atoms with Crippen molar-refractivity contribution >= 4 is 48.0 Å². The van der Waals surface area contributed by atoms with Gasteiger partial charge in [-0.1, -0.05) is 33.1 Å². The number of hydrogen-bond donors (Lipinski definition) is 0. The highest BCUT2D eigenvalue weighted by atomic mass is 127. The molecule has 0 atom stereocenters. The van der Waals surface area contributed by atoms with Gasteiger partial charge in [0.2, 0.25) is 0 Å². The van der Waals surface area contributed by atoms with E-state index in [-0.39, 0.29) is 48.0 Å². The Morgan fingerprint density at radius 2 is 1.14 bits per heavy atom. The van der Waals surface area contributed by atoms with Crippen molar-refractivity contribution in [3.05, 3.63) is 0 Å². The minimum Gasteiger partial charge on any atom is -0.107 e. The van der Waals surface area contributed by atoms with Crippen LogP contribution in [0, 0.1) is 0 Å². The lowest BCUT2D eigenvalue weighted by Crippen LogP contribution is -1.59. The monoisotopic (exact) mass is 328 g/mol. The van der Waals surface area contributed by atoms with E-state index in [1.807, 2.05) is 0 Å². The molecule has 7 heavy (non-hydrogen) atoms. The van der Waals surface area contributed by atoms with Crippen LogP contribution in [0.3, 0.4) is 0 Å². The first-order valence-corrected chi connectivity index (χ1v) is 2.41. The lowest BCUT2D eigenvalue weighted by atomic mass is 10.3. The topological polar surface area (TPSA) is 0 Å². The van der Waals surface area contributed by atoms with Gasteiger partial charge in [0, 0.05) is 0 Å². The molecule has 0 aromatic heterocycles. The Bertz CT molecular complexity index is 13.6. The zero-order chi connectivity index (χ0) is 4.12. The molecule has 0 aromatic carbocycles. The van der Waals surface area contributed by atoms with Crippen LogP contribution in [0.25, 0.3) is 0 Å². The molecule has 0 heterocycles. The molecule has 0 aromatic rings. The highest BCUT2D eigenvalue weighted by Crippen LogP contribution is 1.88. The fourth-order valence-corrected chi connectivity index (χ4v) is 0.354. The summed E-state index contributed by atoms with van der Waals surface area (Å²) in [4.78, 5) is 0. The van der Waals surface area contributed by atoms with Crippen molar-refractivity contribution in [2.75, 3.05) is 0 Å². The van der Waals surface area contributed by atoms with Crippen LogP contribution in [0.5, 0.6) is 0 Å².